The molecule has 4 nitrogen and oxygen atoms in total. The smallest absolute Gasteiger partial charge is 0.330 e. The highest BCUT2D eigenvalue weighted by Crippen LogP contribution is 2.27. The standard InChI is InChI=1S/C13H16O4/c1-3-8-17-12-9-10(4-6-11(12)14)5-7-13(15)16-2/h4-7,9,14H,3,8H2,1-2H3. The number of hydrogen-bond acceptors (Lipinski definition) is 4. The van der Waals surface area contributed by atoms with E-state index in [-0.39, 0.29) is 5.75 Å². The summed E-state index contributed by atoms with van der Waals surface area (Å²) < 4.78 is 9.84. The quantitative estimate of drug-likeness (QED) is 0.630. The Morgan fingerprint density at radius 1 is 1.47 bits per heavy atom. The van der Waals surface area contributed by atoms with Crippen LogP contribution in [-0.4, -0.2) is 24.8 Å². The summed E-state index contributed by atoms with van der Waals surface area (Å²) in [5.41, 5.74) is 0.763. The Bertz CT molecular complexity index is 410. The summed E-state index contributed by atoms with van der Waals surface area (Å²) in [5, 5.41) is 9.54. The van der Waals surface area contributed by atoms with E-state index in [9.17, 15) is 9.90 Å². The van der Waals surface area contributed by atoms with Gasteiger partial charge in [0.05, 0.1) is 13.7 Å². The lowest BCUT2D eigenvalue weighted by atomic mass is 10.2. The van der Waals surface area contributed by atoms with E-state index >= 15 is 0 Å². The van der Waals surface area contributed by atoms with Gasteiger partial charge in [-0.2, -0.15) is 0 Å². The summed E-state index contributed by atoms with van der Waals surface area (Å²) in [6.45, 7) is 2.52. The molecule has 4 heteroatoms. The third-order valence-corrected chi connectivity index (χ3v) is 2.06. The average molecular weight is 236 g/mol. The number of methoxy groups -OCH3 is 1. The molecule has 0 aliphatic carbocycles. The van der Waals surface area contributed by atoms with Crippen LogP contribution in [-0.2, 0) is 9.53 Å². The molecule has 17 heavy (non-hydrogen) atoms. The average Bonchev–Trinajstić information content (AvgIpc) is 2.35. The maximum Gasteiger partial charge on any atom is 0.330 e. The Kier molecular flexibility index (Phi) is 5.07. The summed E-state index contributed by atoms with van der Waals surface area (Å²) >= 11 is 0. The van der Waals surface area contributed by atoms with Crippen LogP contribution in [0.25, 0.3) is 6.08 Å². The lowest BCUT2D eigenvalue weighted by Gasteiger charge is -2.07. The second kappa shape index (κ2) is 6.58. The molecule has 1 N–H and O–H groups in total. The maximum atomic E-state index is 10.9. The second-order valence-corrected chi connectivity index (χ2v) is 3.43. The van der Waals surface area contributed by atoms with E-state index in [0.717, 1.165) is 12.0 Å². The Hall–Kier alpha value is -1.97. The van der Waals surface area contributed by atoms with Crippen molar-refractivity contribution in [3.63, 3.8) is 0 Å². The molecule has 0 aliphatic heterocycles. The minimum absolute atomic E-state index is 0.0914. The van der Waals surface area contributed by atoms with Crippen LogP contribution in [0.1, 0.15) is 18.9 Å². The van der Waals surface area contributed by atoms with Crippen LogP contribution in [0, 0.1) is 0 Å². The first kappa shape index (κ1) is 13.1. The zero-order chi connectivity index (χ0) is 12.7. The van der Waals surface area contributed by atoms with E-state index in [1.54, 1.807) is 18.2 Å². The number of benzene rings is 1. The molecule has 1 rings (SSSR count). The van der Waals surface area contributed by atoms with Gasteiger partial charge in [0, 0.05) is 6.08 Å². The molecule has 0 amide bonds. The third-order valence-electron chi connectivity index (χ3n) is 2.06. The van der Waals surface area contributed by atoms with E-state index in [4.69, 9.17) is 4.74 Å². The number of hydrogen-bond donors (Lipinski definition) is 1. The fourth-order valence-corrected chi connectivity index (χ4v) is 1.19. The molecule has 0 atom stereocenters. The number of ether oxygens (including phenoxy) is 2. The first-order valence-electron chi connectivity index (χ1n) is 5.39. The van der Waals surface area contributed by atoms with Crippen LogP contribution in [0.3, 0.4) is 0 Å². The van der Waals surface area contributed by atoms with Gasteiger partial charge in [0.2, 0.25) is 0 Å². The highest BCUT2D eigenvalue weighted by atomic mass is 16.5. The summed E-state index contributed by atoms with van der Waals surface area (Å²) in [7, 11) is 1.32. The number of rotatable bonds is 5. The van der Waals surface area contributed by atoms with Gasteiger partial charge in [0.25, 0.3) is 0 Å². The molecule has 1 aromatic carbocycles. The predicted octanol–water partition coefficient (Wildman–Crippen LogP) is 2.37. The molecule has 1 aromatic rings. The van der Waals surface area contributed by atoms with Crippen LogP contribution < -0.4 is 4.74 Å². The SMILES string of the molecule is CCCOc1cc(C=CC(=O)OC)ccc1O. The van der Waals surface area contributed by atoms with Gasteiger partial charge < -0.3 is 14.6 Å². The molecule has 0 fully saturated rings. The molecule has 0 unspecified atom stereocenters. The number of esters is 1. The van der Waals surface area contributed by atoms with Crippen LogP contribution in [0.5, 0.6) is 11.5 Å². The monoisotopic (exact) mass is 236 g/mol. The van der Waals surface area contributed by atoms with Crippen LogP contribution in [0.2, 0.25) is 0 Å². The highest BCUT2D eigenvalue weighted by Gasteiger charge is 2.02. The molecule has 0 saturated carbocycles. The predicted molar refractivity (Wildman–Crippen MR) is 64.9 cm³/mol. The van der Waals surface area contributed by atoms with E-state index in [1.165, 1.54) is 19.3 Å². The lowest BCUT2D eigenvalue weighted by molar-refractivity contribution is -0.134. The Labute approximate surface area is 100 Å². The number of phenols is 1. The Morgan fingerprint density at radius 3 is 2.88 bits per heavy atom. The van der Waals surface area contributed by atoms with Gasteiger partial charge in [-0.25, -0.2) is 4.79 Å². The zero-order valence-electron chi connectivity index (χ0n) is 9.97. The van der Waals surface area contributed by atoms with Gasteiger partial charge in [0.15, 0.2) is 11.5 Å². The van der Waals surface area contributed by atoms with E-state index in [0.29, 0.717) is 12.4 Å². The first-order chi connectivity index (χ1) is 8.17. The molecule has 0 bridgehead atoms. The van der Waals surface area contributed by atoms with E-state index in [1.807, 2.05) is 6.92 Å². The summed E-state index contributed by atoms with van der Waals surface area (Å²) in [5.74, 6) is 0.0848. The molecular formula is C13H16O4. The molecule has 0 spiro atoms. The van der Waals surface area contributed by atoms with Crippen LogP contribution >= 0.6 is 0 Å². The van der Waals surface area contributed by atoms with Crippen molar-refractivity contribution in [2.45, 2.75) is 13.3 Å². The Morgan fingerprint density at radius 2 is 2.24 bits per heavy atom. The first-order valence-corrected chi connectivity index (χ1v) is 5.39. The van der Waals surface area contributed by atoms with Crippen molar-refractivity contribution in [1.82, 2.24) is 0 Å². The summed E-state index contributed by atoms with van der Waals surface area (Å²) in [6.07, 6.45) is 3.78. The molecule has 0 saturated heterocycles. The minimum atomic E-state index is -0.422. The van der Waals surface area contributed by atoms with Crippen LogP contribution in [0.15, 0.2) is 24.3 Å². The minimum Gasteiger partial charge on any atom is -0.504 e. The van der Waals surface area contributed by atoms with Gasteiger partial charge in [0.1, 0.15) is 0 Å². The Balaban J connectivity index is 2.80. The van der Waals surface area contributed by atoms with Crippen LogP contribution in [0.4, 0.5) is 0 Å². The highest BCUT2D eigenvalue weighted by molar-refractivity contribution is 5.87. The largest absolute Gasteiger partial charge is 0.504 e. The maximum absolute atomic E-state index is 10.9. The van der Waals surface area contributed by atoms with Gasteiger partial charge in [-0.05, 0) is 30.2 Å². The fraction of sp³-hybridized carbons (Fsp3) is 0.308. The number of aromatic hydroxyl groups is 1. The van der Waals surface area contributed by atoms with Crippen molar-refractivity contribution in [2.75, 3.05) is 13.7 Å². The van der Waals surface area contributed by atoms with Crippen molar-refractivity contribution in [1.29, 1.82) is 0 Å². The summed E-state index contributed by atoms with van der Waals surface area (Å²) in [4.78, 5) is 10.9. The lowest BCUT2D eigenvalue weighted by Crippen LogP contribution is -1.96. The fourth-order valence-electron chi connectivity index (χ4n) is 1.19. The van der Waals surface area contributed by atoms with E-state index in [2.05, 4.69) is 4.74 Å². The van der Waals surface area contributed by atoms with Crippen molar-refractivity contribution in [2.24, 2.45) is 0 Å². The molecule has 0 heterocycles. The molecular weight excluding hydrogens is 220 g/mol. The third kappa shape index (κ3) is 4.18. The van der Waals surface area contributed by atoms with Gasteiger partial charge in [-0.3, -0.25) is 0 Å². The van der Waals surface area contributed by atoms with E-state index < -0.39 is 5.97 Å². The molecule has 0 aromatic heterocycles. The molecule has 0 aliphatic rings. The van der Waals surface area contributed by atoms with Crippen molar-refractivity contribution in [3.05, 3.63) is 29.8 Å². The number of phenolic OH excluding ortho intramolecular Hbond substituents is 1. The topological polar surface area (TPSA) is 55.8 Å². The van der Waals surface area contributed by atoms with Crippen molar-refractivity contribution >= 4 is 12.0 Å². The van der Waals surface area contributed by atoms with Crippen molar-refractivity contribution < 1.29 is 19.4 Å². The normalized spacial score (nSPS) is 10.5. The van der Waals surface area contributed by atoms with Gasteiger partial charge in [-0.1, -0.05) is 13.0 Å². The van der Waals surface area contributed by atoms with Crippen molar-refractivity contribution in [3.8, 4) is 11.5 Å². The number of carbonyl (C=O) groups excluding carboxylic acids is 1. The second-order valence-electron chi connectivity index (χ2n) is 3.43. The molecule has 92 valence electrons. The zero-order valence-corrected chi connectivity index (χ0v) is 9.97. The molecule has 0 radical (unpaired) electrons. The summed E-state index contributed by atoms with van der Waals surface area (Å²) in [6, 6.07) is 4.89. The van der Waals surface area contributed by atoms with Gasteiger partial charge >= 0.3 is 5.97 Å². The van der Waals surface area contributed by atoms with Gasteiger partial charge in [-0.15, -0.1) is 0 Å². The number of carbonyl (C=O) groups is 1.